The van der Waals surface area contributed by atoms with E-state index in [1.165, 1.54) is 0 Å². The molecule has 0 radical (unpaired) electrons. The summed E-state index contributed by atoms with van der Waals surface area (Å²) in [4.78, 5) is 28.4. The minimum Gasteiger partial charge on any atom is -0.487 e. The highest BCUT2D eigenvalue weighted by molar-refractivity contribution is 6.08. The summed E-state index contributed by atoms with van der Waals surface area (Å²) in [6, 6.07) is 10.7. The first-order chi connectivity index (χ1) is 13.8. The van der Waals surface area contributed by atoms with Crippen molar-refractivity contribution < 1.29 is 23.8 Å². The Bertz CT molecular complexity index is 1030. The molecular formula is C21H23N3O5. The van der Waals surface area contributed by atoms with Gasteiger partial charge in [0.1, 0.15) is 23.7 Å². The number of nitrogens with zero attached hydrogens (tertiary/aromatic N) is 1. The van der Waals surface area contributed by atoms with Crippen LogP contribution in [-0.2, 0) is 11.4 Å². The molecule has 152 valence electrons. The molecule has 4 N–H and O–H groups in total. The Morgan fingerprint density at radius 1 is 1.31 bits per heavy atom. The predicted octanol–water partition coefficient (Wildman–Crippen LogP) is 2.07. The lowest BCUT2D eigenvalue weighted by Crippen LogP contribution is -2.51. The quantitative estimate of drug-likeness (QED) is 0.534. The molecule has 29 heavy (non-hydrogen) atoms. The molecular weight excluding hydrogens is 374 g/mol. The van der Waals surface area contributed by atoms with Gasteiger partial charge in [-0.3, -0.25) is 14.6 Å². The summed E-state index contributed by atoms with van der Waals surface area (Å²) >= 11 is 0. The van der Waals surface area contributed by atoms with E-state index in [0.717, 1.165) is 5.69 Å². The van der Waals surface area contributed by atoms with E-state index >= 15 is 0 Å². The number of primary amides is 1. The lowest BCUT2D eigenvalue weighted by atomic mass is 9.97. The number of rotatable bonds is 8. The number of carbonyl (C=O) groups excluding carboxylic acids is 2. The number of aromatic nitrogens is 1. The van der Waals surface area contributed by atoms with Gasteiger partial charge in [-0.1, -0.05) is 6.07 Å². The summed E-state index contributed by atoms with van der Waals surface area (Å²) < 4.78 is 11.5. The van der Waals surface area contributed by atoms with Crippen LogP contribution in [0.15, 0.2) is 47.0 Å². The Balaban J connectivity index is 1.86. The SMILES string of the molecule is Cc1oc2ccc(OCc3ccccn3)cc2c1C(=O)NC(C)(CO)CC(N)=O. The summed E-state index contributed by atoms with van der Waals surface area (Å²) in [6.07, 6.45) is 1.50. The second-order valence-corrected chi connectivity index (χ2v) is 7.12. The average Bonchev–Trinajstić information content (AvgIpc) is 3.01. The molecule has 0 aliphatic rings. The van der Waals surface area contributed by atoms with Crippen molar-refractivity contribution in [2.75, 3.05) is 6.61 Å². The average molecular weight is 397 g/mol. The zero-order chi connectivity index (χ0) is 21.0. The third kappa shape index (κ3) is 4.72. The molecule has 3 rings (SSSR count). The number of pyridine rings is 1. The topological polar surface area (TPSA) is 128 Å². The van der Waals surface area contributed by atoms with Crippen molar-refractivity contribution in [3.63, 3.8) is 0 Å². The molecule has 0 aliphatic carbocycles. The van der Waals surface area contributed by atoms with Crippen molar-refractivity contribution >= 4 is 22.8 Å². The zero-order valence-electron chi connectivity index (χ0n) is 16.3. The molecule has 2 aromatic heterocycles. The van der Waals surface area contributed by atoms with Gasteiger partial charge in [-0.05, 0) is 44.2 Å². The smallest absolute Gasteiger partial charge is 0.255 e. The van der Waals surface area contributed by atoms with Crippen molar-refractivity contribution in [1.29, 1.82) is 0 Å². The number of benzene rings is 1. The Labute approximate surface area is 167 Å². The van der Waals surface area contributed by atoms with Gasteiger partial charge in [0.05, 0.1) is 29.8 Å². The number of aliphatic hydroxyl groups is 1. The number of hydrogen-bond acceptors (Lipinski definition) is 6. The number of furan rings is 1. The third-order valence-electron chi connectivity index (χ3n) is 4.50. The van der Waals surface area contributed by atoms with Crippen LogP contribution in [0.4, 0.5) is 0 Å². The van der Waals surface area contributed by atoms with Crippen LogP contribution in [-0.4, -0.2) is 34.1 Å². The number of fused-ring (bicyclic) bond motifs is 1. The summed E-state index contributed by atoms with van der Waals surface area (Å²) in [7, 11) is 0. The van der Waals surface area contributed by atoms with Crippen molar-refractivity contribution in [2.24, 2.45) is 5.73 Å². The fourth-order valence-electron chi connectivity index (χ4n) is 3.07. The van der Waals surface area contributed by atoms with E-state index in [0.29, 0.717) is 28.0 Å². The van der Waals surface area contributed by atoms with E-state index in [9.17, 15) is 14.7 Å². The maximum atomic E-state index is 12.9. The van der Waals surface area contributed by atoms with Gasteiger partial charge in [-0.15, -0.1) is 0 Å². The third-order valence-corrected chi connectivity index (χ3v) is 4.50. The van der Waals surface area contributed by atoms with Crippen LogP contribution in [0, 0.1) is 6.92 Å². The molecule has 0 spiro atoms. The maximum absolute atomic E-state index is 12.9. The molecule has 1 unspecified atom stereocenters. The molecule has 2 amide bonds. The number of ether oxygens (including phenoxy) is 1. The van der Waals surface area contributed by atoms with E-state index in [-0.39, 0.29) is 13.0 Å². The Morgan fingerprint density at radius 2 is 2.10 bits per heavy atom. The summed E-state index contributed by atoms with van der Waals surface area (Å²) in [6.45, 7) is 3.07. The normalized spacial score (nSPS) is 13.1. The largest absolute Gasteiger partial charge is 0.487 e. The number of hydrogen-bond donors (Lipinski definition) is 3. The Morgan fingerprint density at radius 3 is 2.76 bits per heavy atom. The van der Waals surface area contributed by atoms with Crippen molar-refractivity contribution in [3.05, 3.63) is 59.6 Å². The standard InChI is InChI=1S/C21H23N3O5/c1-13-19(20(27)24-21(2,12-25)10-18(22)26)16-9-15(6-7-17(16)29-13)28-11-14-5-3-4-8-23-14/h3-9,25H,10-12H2,1-2H3,(H2,22,26)(H,24,27). The van der Waals surface area contributed by atoms with Crippen molar-refractivity contribution in [2.45, 2.75) is 32.4 Å². The van der Waals surface area contributed by atoms with Gasteiger partial charge in [0.2, 0.25) is 5.91 Å². The lowest BCUT2D eigenvalue weighted by Gasteiger charge is -2.27. The zero-order valence-corrected chi connectivity index (χ0v) is 16.3. The summed E-state index contributed by atoms with van der Waals surface area (Å²) in [5.41, 5.74) is 5.67. The molecule has 1 aromatic carbocycles. The highest BCUT2D eigenvalue weighted by atomic mass is 16.5. The predicted molar refractivity (Wildman–Crippen MR) is 106 cm³/mol. The molecule has 8 nitrogen and oxygen atoms in total. The van der Waals surface area contributed by atoms with E-state index in [2.05, 4.69) is 10.3 Å². The van der Waals surface area contributed by atoms with Crippen LogP contribution < -0.4 is 15.8 Å². The van der Waals surface area contributed by atoms with Crippen molar-refractivity contribution in [3.8, 4) is 5.75 Å². The van der Waals surface area contributed by atoms with Crippen molar-refractivity contribution in [1.82, 2.24) is 10.3 Å². The van der Waals surface area contributed by atoms with Gasteiger partial charge in [-0.25, -0.2) is 0 Å². The van der Waals surface area contributed by atoms with Gasteiger partial charge < -0.3 is 25.3 Å². The maximum Gasteiger partial charge on any atom is 0.255 e. The lowest BCUT2D eigenvalue weighted by molar-refractivity contribution is -0.119. The van der Waals surface area contributed by atoms with Crippen LogP contribution in [0.2, 0.25) is 0 Å². The van der Waals surface area contributed by atoms with Gasteiger partial charge in [0.15, 0.2) is 0 Å². The Hall–Kier alpha value is -3.39. The minimum atomic E-state index is -1.17. The molecule has 8 heteroatoms. The first-order valence-electron chi connectivity index (χ1n) is 9.09. The Kier molecular flexibility index (Phi) is 5.84. The minimum absolute atomic E-state index is 0.192. The number of aliphatic hydroxyl groups excluding tert-OH is 1. The first-order valence-corrected chi connectivity index (χ1v) is 9.09. The van der Waals surface area contributed by atoms with Crippen LogP contribution in [0.25, 0.3) is 11.0 Å². The monoisotopic (exact) mass is 397 g/mol. The van der Waals surface area contributed by atoms with Crippen LogP contribution in [0.5, 0.6) is 5.75 Å². The van der Waals surface area contributed by atoms with Crippen LogP contribution in [0.3, 0.4) is 0 Å². The van der Waals surface area contributed by atoms with Crippen LogP contribution >= 0.6 is 0 Å². The number of amides is 2. The highest BCUT2D eigenvalue weighted by Gasteiger charge is 2.30. The molecule has 0 saturated carbocycles. The van der Waals surface area contributed by atoms with Crippen LogP contribution in [0.1, 0.15) is 35.2 Å². The van der Waals surface area contributed by atoms with Gasteiger partial charge >= 0.3 is 0 Å². The van der Waals surface area contributed by atoms with E-state index in [1.54, 1.807) is 38.2 Å². The molecule has 0 saturated heterocycles. The van der Waals surface area contributed by atoms with Gasteiger partial charge in [0.25, 0.3) is 5.91 Å². The second-order valence-electron chi connectivity index (χ2n) is 7.12. The second kappa shape index (κ2) is 8.32. The molecule has 2 heterocycles. The van der Waals surface area contributed by atoms with Gasteiger partial charge in [0, 0.05) is 11.6 Å². The number of aryl methyl sites for hydroxylation is 1. The number of nitrogens with two attached hydrogens (primary N) is 1. The number of carbonyl (C=O) groups is 2. The van der Waals surface area contributed by atoms with Gasteiger partial charge in [-0.2, -0.15) is 0 Å². The fraction of sp³-hybridized carbons (Fsp3) is 0.286. The summed E-state index contributed by atoms with van der Waals surface area (Å²) in [5, 5.41) is 12.9. The fourth-order valence-corrected chi connectivity index (χ4v) is 3.07. The van der Waals surface area contributed by atoms with E-state index < -0.39 is 24.0 Å². The molecule has 0 bridgehead atoms. The summed E-state index contributed by atoms with van der Waals surface area (Å²) in [5.74, 6) is -0.124. The molecule has 3 aromatic rings. The first kappa shape index (κ1) is 20.3. The van der Waals surface area contributed by atoms with E-state index in [1.807, 2.05) is 18.2 Å². The van der Waals surface area contributed by atoms with E-state index in [4.69, 9.17) is 14.9 Å². The highest BCUT2D eigenvalue weighted by Crippen LogP contribution is 2.30. The molecule has 1 atom stereocenters. The molecule has 0 fully saturated rings. The number of nitrogens with one attached hydrogen (secondary N) is 1. The molecule has 0 aliphatic heterocycles.